The number of nitrogens with one attached hydrogen (secondary N) is 2. The average molecular weight is 269 g/mol. The van der Waals surface area contributed by atoms with Gasteiger partial charge in [-0.3, -0.25) is 4.79 Å². The van der Waals surface area contributed by atoms with Crippen molar-refractivity contribution in [3.05, 3.63) is 59.4 Å². The molecule has 0 saturated heterocycles. The van der Waals surface area contributed by atoms with Crippen LogP contribution in [0.25, 0.3) is 0 Å². The number of carbonyl (C=O) groups excluding carboxylic acids is 1. The molecule has 1 amide bonds. The topological polar surface area (TPSA) is 54.0 Å². The molecular weight excluding hydrogens is 250 g/mol. The number of hydrogen-bond donors (Lipinski definition) is 2. The van der Waals surface area contributed by atoms with Gasteiger partial charge in [0, 0.05) is 13.1 Å². The fourth-order valence-electron chi connectivity index (χ4n) is 1.91. The number of hydrogen-bond acceptors (Lipinski definition) is 3. The highest BCUT2D eigenvalue weighted by molar-refractivity contribution is 5.92. The molecule has 0 spiro atoms. The van der Waals surface area contributed by atoms with Gasteiger partial charge in [0.15, 0.2) is 0 Å². The van der Waals surface area contributed by atoms with Crippen molar-refractivity contribution in [1.29, 1.82) is 0 Å². The average Bonchev–Trinajstić information content (AvgIpc) is 2.47. The lowest BCUT2D eigenvalue weighted by molar-refractivity contribution is 0.0946. The van der Waals surface area contributed by atoms with Crippen LogP contribution in [0.5, 0.6) is 0 Å². The Hall–Kier alpha value is -2.36. The lowest BCUT2D eigenvalue weighted by atomic mass is 10.1. The normalized spacial score (nSPS) is 10.1. The first-order chi connectivity index (χ1) is 9.70. The number of aryl methyl sites for hydroxylation is 1. The summed E-state index contributed by atoms with van der Waals surface area (Å²) < 4.78 is 0. The molecule has 20 heavy (non-hydrogen) atoms. The van der Waals surface area contributed by atoms with Crippen LogP contribution in [0.15, 0.2) is 42.6 Å². The van der Waals surface area contributed by atoms with Crippen LogP contribution in [0, 0.1) is 6.92 Å². The fraction of sp³-hybridized carbons (Fsp3) is 0.250. The largest absolute Gasteiger partial charge is 0.384 e. The van der Waals surface area contributed by atoms with Gasteiger partial charge in [-0.25, -0.2) is 4.98 Å². The van der Waals surface area contributed by atoms with Gasteiger partial charge in [-0.15, -0.1) is 0 Å². The molecule has 0 unspecified atom stereocenters. The number of carbonyl (C=O) groups is 1. The second kappa shape index (κ2) is 6.70. The summed E-state index contributed by atoms with van der Waals surface area (Å²) in [6.45, 7) is 5.40. The van der Waals surface area contributed by atoms with E-state index < -0.39 is 0 Å². The maximum absolute atomic E-state index is 12.0. The lowest BCUT2D eigenvalue weighted by Crippen LogP contribution is -2.24. The molecule has 1 heterocycles. The van der Waals surface area contributed by atoms with Crippen LogP contribution in [0.3, 0.4) is 0 Å². The van der Waals surface area contributed by atoms with Gasteiger partial charge < -0.3 is 10.6 Å². The number of aromatic nitrogens is 1. The molecule has 4 nitrogen and oxygen atoms in total. The smallest absolute Gasteiger partial charge is 0.270 e. The van der Waals surface area contributed by atoms with Crippen LogP contribution < -0.4 is 10.6 Å². The molecule has 0 fully saturated rings. The Kier molecular flexibility index (Phi) is 4.71. The molecule has 0 bridgehead atoms. The maximum atomic E-state index is 12.0. The van der Waals surface area contributed by atoms with E-state index >= 15 is 0 Å². The summed E-state index contributed by atoms with van der Waals surface area (Å²) in [4.78, 5) is 16.2. The summed E-state index contributed by atoms with van der Waals surface area (Å²) in [6, 6.07) is 11.6. The summed E-state index contributed by atoms with van der Waals surface area (Å²) >= 11 is 0. The SMILES string of the molecule is CCNc1ccc(C(=O)NCc2ccccc2C)nc1. The zero-order chi connectivity index (χ0) is 14.4. The molecule has 1 aromatic carbocycles. The Labute approximate surface area is 119 Å². The van der Waals surface area contributed by atoms with Crippen molar-refractivity contribution in [2.75, 3.05) is 11.9 Å². The maximum Gasteiger partial charge on any atom is 0.270 e. The van der Waals surface area contributed by atoms with E-state index in [0.29, 0.717) is 12.2 Å². The summed E-state index contributed by atoms with van der Waals surface area (Å²) in [5.41, 5.74) is 3.64. The van der Waals surface area contributed by atoms with Crippen molar-refractivity contribution in [2.45, 2.75) is 20.4 Å². The summed E-state index contributed by atoms with van der Waals surface area (Å²) in [5, 5.41) is 6.03. The zero-order valence-corrected chi connectivity index (χ0v) is 11.8. The van der Waals surface area contributed by atoms with Crippen LogP contribution in [0.1, 0.15) is 28.5 Å². The van der Waals surface area contributed by atoms with Crippen LogP contribution in [-0.2, 0) is 6.54 Å². The fourth-order valence-corrected chi connectivity index (χ4v) is 1.91. The Morgan fingerprint density at radius 1 is 1.20 bits per heavy atom. The van der Waals surface area contributed by atoms with Crippen molar-refractivity contribution in [3.8, 4) is 0 Å². The molecule has 2 rings (SSSR count). The molecule has 0 saturated carbocycles. The van der Waals surface area contributed by atoms with Gasteiger partial charge >= 0.3 is 0 Å². The summed E-state index contributed by atoms with van der Waals surface area (Å²) in [5.74, 6) is -0.156. The molecule has 2 aromatic rings. The van der Waals surface area contributed by atoms with Crippen LogP contribution in [0.4, 0.5) is 5.69 Å². The molecule has 4 heteroatoms. The van der Waals surface area contributed by atoms with Gasteiger partial charge in [0.2, 0.25) is 0 Å². The van der Waals surface area contributed by atoms with Gasteiger partial charge in [-0.1, -0.05) is 24.3 Å². The molecule has 0 aliphatic carbocycles. The monoisotopic (exact) mass is 269 g/mol. The molecule has 0 atom stereocenters. The minimum atomic E-state index is -0.156. The minimum Gasteiger partial charge on any atom is -0.384 e. The second-order valence-electron chi connectivity index (χ2n) is 4.57. The molecule has 0 aliphatic heterocycles. The highest BCUT2D eigenvalue weighted by Crippen LogP contribution is 2.08. The Balaban J connectivity index is 1.96. The van der Waals surface area contributed by atoms with Gasteiger partial charge in [0.25, 0.3) is 5.91 Å². The van der Waals surface area contributed by atoms with Crippen molar-refractivity contribution >= 4 is 11.6 Å². The minimum absolute atomic E-state index is 0.156. The van der Waals surface area contributed by atoms with Crippen LogP contribution >= 0.6 is 0 Å². The first-order valence-electron chi connectivity index (χ1n) is 6.73. The Morgan fingerprint density at radius 2 is 2.00 bits per heavy atom. The van der Waals surface area contributed by atoms with Crippen molar-refractivity contribution in [3.63, 3.8) is 0 Å². The third-order valence-corrected chi connectivity index (χ3v) is 3.08. The number of nitrogens with zero attached hydrogens (tertiary/aromatic N) is 1. The van der Waals surface area contributed by atoms with E-state index in [0.717, 1.165) is 17.8 Å². The second-order valence-corrected chi connectivity index (χ2v) is 4.57. The molecule has 0 aliphatic rings. The van der Waals surface area contributed by atoms with Gasteiger partial charge in [0.1, 0.15) is 5.69 Å². The van der Waals surface area contributed by atoms with Crippen LogP contribution in [0.2, 0.25) is 0 Å². The number of rotatable bonds is 5. The molecule has 1 aromatic heterocycles. The summed E-state index contributed by atoms with van der Waals surface area (Å²) in [7, 11) is 0. The number of amides is 1. The summed E-state index contributed by atoms with van der Waals surface area (Å²) in [6.07, 6.45) is 1.67. The van der Waals surface area contributed by atoms with E-state index in [-0.39, 0.29) is 5.91 Å². The predicted octanol–water partition coefficient (Wildman–Crippen LogP) is 2.75. The highest BCUT2D eigenvalue weighted by Gasteiger charge is 2.07. The van der Waals surface area contributed by atoms with E-state index in [9.17, 15) is 4.79 Å². The van der Waals surface area contributed by atoms with Gasteiger partial charge in [-0.05, 0) is 37.1 Å². The Bertz CT molecular complexity index is 579. The first kappa shape index (κ1) is 14.1. The lowest BCUT2D eigenvalue weighted by Gasteiger charge is -2.08. The predicted molar refractivity (Wildman–Crippen MR) is 80.7 cm³/mol. The van der Waals surface area contributed by atoms with E-state index in [4.69, 9.17) is 0 Å². The van der Waals surface area contributed by atoms with E-state index in [1.165, 1.54) is 5.56 Å². The highest BCUT2D eigenvalue weighted by atomic mass is 16.1. The van der Waals surface area contributed by atoms with Crippen molar-refractivity contribution in [2.24, 2.45) is 0 Å². The number of pyridine rings is 1. The van der Waals surface area contributed by atoms with Crippen molar-refractivity contribution in [1.82, 2.24) is 10.3 Å². The molecular formula is C16H19N3O. The van der Waals surface area contributed by atoms with Crippen LogP contribution in [-0.4, -0.2) is 17.4 Å². The van der Waals surface area contributed by atoms with Crippen molar-refractivity contribution < 1.29 is 4.79 Å². The van der Waals surface area contributed by atoms with Gasteiger partial charge in [0.05, 0.1) is 11.9 Å². The molecule has 104 valence electrons. The Morgan fingerprint density at radius 3 is 2.65 bits per heavy atom. The quantitative estimate of drug-likeness (QED) is 0.877. The number of benzene rings is 1. The van der Waals surface area contributed by atoms with Gasteiger partial charge in [-0.2, -0.15) is 0 Å². The van der Waals surface area contributed by atoms with E-state index in [1.807, 2.05) is 44.2 Å². The standard InChI is InChI=1S/C16H19N3O/c1-3-17-14-8-9-15(18-11-14)16(20)19-10-13-7-5-4-6-12(13)2/h4-9,11,17H,3,10H2,1-2H3,(H,19,20). The number of anilines is 1. The molecule has 2 N–H and O–H groups in total. The van der Waals surface area contributed by atoms with E-state index in [2.05, 4.69) is 15.6 Å². The first-order valence-corrected chi connectivity index (χ1v) is 6.73. The molecule has 0 radical (unpaired) electrons. The van der Waals surface area contributed by atoms with E-state index in [1.54, 1.807) is 12.3 Å². The third-order valence-electron chi connectivity index (χ3n) is 3.08. The third kappa shape index (κ3) is 3.57. The zero-order valence-electron chi connectivity index (χ0n) is 11.8.